The summed E-state index contributed by atoms with van der Waals surface area (Å²) in [5.74, 6) is 1.11. The van der Waals surface area contributed by atoms with Crippen molar-refractivity contribution in [2.45, 2.75) is 32.1 Å². The molecule has 4 rings (SSSR count). The van der Waals surface area contributed by atoms with Crippen molar-refractivity contribution in [3.63, 3.8) is 0 Å². The first kappa shape index (κ1) is 19.0. The normalized spacial score (nSPS) is 18.7. The molecule has 0 spiro atoms. The Hall–Kier alpha value is -2.33. The van der Waals surface area contributed by atoms with Crippen LogP contribution < -0.4 is 10.2 Å². The summed E-state index contributed by atoms with van der Waals surface area (Å²) in [6.07, 6.45) is 3.05. The smallest absolute Gasteiger partial charge is 0.224 e. The van der Waals surface area contributed by atoms with E-state index in [-0.39, 0.29) is 5.91 Å². The van der Waals surface area contributed by atoms with E-state index in [9.17, 15) is 4.79 Å². The molecule has 1 amide bonds. The molecule has 148 valence electrons. The molecule has 1 saturated heterocycles. The van der Waals surface area contributed by atoms with E-state index in [1.807, 2.05) is 12.1 Å². The summed E-state index contributed by atoms with van der Waals surface area (Å²) in [4.78, 5) is 17.5. The number of rotatable bonds is 6. The van der Waals surface area contributed by atoms with Crippen molar-refractivity contribution in [1.29, 1.82) is 0 Å². The Kier molecular flexibility index (Phi) is 5.67. The fraction of sp³-hybridized carbons (Fsp3) is 0.458. The van der Waals surface area contributed by atoms with Crippen LogP contribution in [0.3, 0.4) is 0 Å². The third-order valence-electron chi connectivity index (χ3n) is 6.12. The standard InChI is InChI=1S/C24H31N3O/c1-18-3-5-19(6-4-18)23(20-7-8-20)17-24(28)25-21-9-11-22(12-10-21)27-15-13-26(2)14-16-27/h3-6,9-12,20,23H,7-8,13-17H2,1-2H3,(H,25,28). The largest absolute Gasteiger partial charge is 0.369 e. The third-order valence-corrected chi connectivity index (χ3v) is 6.12. The molecule has 1 atom stereocenters. The van der Waals surface area contributed by atoms with Gasteiger partial charge < -0.3 is 15.1 Å². The van der Waals surface area contributed by atoms with Crippen LogP contribution in [-0.2, 0) is 4.79 Å². The molecule has 2 aromatic rings. The zero-order chi connectivity index (χ0) is 19.5. The Morgan fingerprint density at radius 2 is 1.64 bits per heavy atom. The van der Waals surface area contributed by atoms with E-state index in [4.69, 9.17) is 0 Å². The molecule has 1 N–H and O–H groups in total. The topological polar surface area (TPSA) is 35.6 Å². The van der Waals surface area contributed by atoms with E-state index < -0.39 is 0 Å². The molecule has 1 aliphatic carbocycles. The number of amides is 1. The number of anilines is 2. The second-order valence-corrected chi connectivity index (χ2v) is 8.44. The van der Waals surface area contributed by atoms with Gasteiger partial charge in [-0.2, -0.15) is 0 Å². The van der Waals surface area contributed by atoms with Crippen LogP contribution in [-0.4, -0.2) is 44.0 Å². The molecule has 1 aliphatic heterocycles. The molecule has 28 heavy (non-hydrogen) atoms. The van der Waals surface area contributed by atoms with Gasteiger partial charge in [0.25, 0.3) is 0 Å². The van der Waals surface area contributed by atoms with E-state index in [0.717, 1.165) is 31.9 Å². The Morgan fingerprint density at radius 3 is 2.25 bits per heavy atom. The van der Waals surface area contributed by atoms with Crippen molar-refractivity contribution in [3.05, 3.63) is 59.7 Å². The Balaban J connectivity index is 1.35. The van der Waals surface area contributed by atoms with Gasteiger partial charge >= 0.3 is 0 Å². The average molecular weight is 378 g/mol. The van der Waals surface area contributed by atoms with Gasteiger partial charge in [0.1, 0.15) is 0 Å². The monoisotopic (exact) mass is 377 g/mol. The van der Waals surface area contributed by atoms with E-state index in [1.54, 1.807) is 0 Å². The number of hydrogen-bond donors (Lipinski definition) is 1. The summed E-state index contributed by atoms with van der Waals surface area (Å²) in [6.45, 7) is 6.41. The van der Waals surface area contributed by atoms with Crippen LogP contribution in [0, 0.1) is 12.8 Å². The van der Waals surface area contributed by atoms with E-state index in [2.05, 4.69) is 65.5 Å². The van der Waals surface area contributed by atoms with Gasteiger partial charge in [-0.25, -0.2) is 0 Å². The molecule has 0 aromatic heterocycles. The van der Waals surface area contributed by atoms with Crippen LogP contribution in [0.25, 0.3) is 0 Å². The van der Waals surface area contributed by atoms with Gasteiger partial charge in [0.05, 0.1) is 0 Å². The molecular weight excluding hydrogens is 346 g/mol. The van der Waals surface area contributed by atoms with Crippen LogP contribution >= 0.6 is 0 Å². The number of carbonyl (C=O) groups excluding carboxylic acids is 1. The van der Waals surface area contributed by atoms with Crippen molar-refractivity contribution >= 4 is 17.3 Å². The number of likely N-dealkylation sites (N-methyl/N-ethyl adjacent to an activating group) is 1. The van der Waals surface area contributed by atoms with Crippen LogP contribution in [0.4, 0.5) is 11.4 Å². The minimum absolute atomic E-state index is 0.116. The Morgan fingerprint density at radius 1 is 1.00 bits per heavy atom. The molecule has 1 unspecified atom stereocenters. The summed E-state index contributed by atoms with van der Waals surface area (Å²) in [5, 5.41) is 3.11. The molecule has 0 bridgehead atoms. The number of aryl methyl sites for hydroxylation is 1. The SMILES string of the molecule is Cc1ccc(C(CC(=O)Nc2ccc(N3CCN(C)CC3)cc2)C2CC2)cc1. The quantitative estimate of drug-likeness (QED) is 0.817. The number of carbonyl (C=O) groups is 1. The van der Waals surface area contributed by atoms with Gasteiger partial charge in [0.15, 0.2) is 0 Å². The van der Waals surface area contributed by atoms with Crippen molar-refractivity contribution in [3.8, 4) is 0 Å². The first-order chi connectivity index (χ1) is 13.6. The van der Waals surface area contributed by atoms with Crippen LogP contribution in [0.15, 0.2) is 48.5 Å². The number of benzene rings is 2. The Bertz CT molecular complexity index is 788. The third kappa shape index (κ3) is 4.74. The lowest BCUT2D eigenvalue weighted by Gasteiger charge is -2.34. The van der Waals surface area contributed by atoms with Gasteiger partial charge in [0, 0.05) is 44.0 Å². The van der Waals surface area contributed by atoms with Gasteiger partial charge in [0.2, 0.25) is 5.91 Å². The number of nitrogens with zero attached hydrogens (tertiary/aromatic N) is 2. The molecule has 0 radical (unpaired) electrons. The maximum absolute atomic E-state index is 12.7. The fourth-order valence-corrected chi connectivity index (χ4v) is 4.10. The van der Waals surface area contributed by atoms with Crippen molar-refractivity contribution in [2.24, 2.45) is 5.92 Å². The summed E-state index contributed by atoms with van der Waals surface area (Å²) in [6, 6.07) is 17.0. The highest BCUT2D eigenvalue weighted by molar-refractivity contribution is 5.91. The van der Waals surface area contributed by atoms with Crippen LogP contribution in [0.1, 0.15) is 36.3 Å². The van der Waals surface area contributed by atoms with E-state index in [1.165, 1.54) is 29.7 Å². The minimum Gasteiger partial charge on any atom is -0.369 e. The maximum Gasteiger partial charge on any atom is 0.224 e. The van der Waals surface area contributed by atoms with Gasteiger partial charge in [-0.3, -0.25) is 4.79 Å². The number of hydrogen-bond acceptors (Lipinski definition) is 3. The highest BCUT2D eigenvalue weighted by atomic mass is 16.1. The zero-order valence-corrected chi connectivity index (χ0v) is 17.0. The summed E-state index contributed by atoms with van der Waals surface area (Å²) in [7, 11) is 2.17. The Labute approximate surface area is 168 Å². The summed E-state index contributed by atoms with van der Waals surface area (Å²) >= 11 is 0. The minimum atomic E-state index is 0.116. The van der Waals surface area contributed by atoms with Crippen LogP contribution in [0.5, 0.6) is 0 Å². The predicted octanol–water partition coefficient (Wildman–Crippen LogP) is 4.27. The molecule has 2 aliphatic rings. The highest BCUT2D eigenvalue weighted by Crippen LogP contribution is 2.44. The van der Waals surface area contributed by atoms with Gasteiger partial charge in [-0.15, -0.1) is 0 Å². The van der Waals surface area contributed by atoms with E-state index in [0.29, 0.717) is 18.3 Å². The molecule has 1 saturated carbocycles. The molecule has 2 fully saturated rings. The summed E-state index contributed by atoms with van der Waals surface area (Å²) < 4.78 is 0. The molecular formula is C24H31N3O. The second-order valence-electron chi connectivity index (χ2n) is 8.44. The van der Waals surface area contributed by atoms with Crippen molar-refractivity contribution in [2.75, 3.05) is 43.4 Å². The van der Waals surface area contributed by atoms with E-state index >= 15 is 0 Å². The highest BCUT2D eigenvalue weighted by Gasteiger charge is 2.33. The predicted molar refractivity (Wildman–Crippen MR) is 116 cm³/mol. The lowest BCUT2D eigenvalue weighted by atomic mass is 9.90. The lowest BCUT2D eigenvalue weighted by molar-refractivity contribution is -0.116. The lowest BCUT2D eigenvalue weighted by Crippen LogP contribution is -2.44. The zero-order valence-electron chi connectivity index (χ0n) is 17.0. The first-order valence-corrected chi connectivity index (χ1v) is 10.5. The van der Waals surface area contributed by atoms with Gasteiger partial charge in [-0.05, 0) is 68.5 Å². The molecule has 4 nitrogen and oxygen atoms in total. The van der Waals surface area contributed by atoms with Crippen LogP contribution in [0.2, 0.25) is 0 Å². The average Bonchev–Trinajstić information content (AvgIpc) is 3.53. The maximum atomic E-state index is 12.7. The molecule has 2 aromatic carbocycles. The molecule has 4 heteroatoms. The fourth-order valence-electron chi connectivity index (χ4n) is 4.10. The summed E-state index contributed by atoms with van der Waals surface area (Å²) in [5.41, 5.74) is 4.69. The second kappa shape index (κ2) is 8.36. The number of nitrogens with one attached hydrogen (secondary N) is 1. The van der Waals surface area contributed by atoms with Crippen molar-refractivity contribution < 1.29 is 4.79 Å². The van der Waals surface area contributed by atoms with Crippen molar-refractivity contribution in [1.82, 2.24) is 4.90 Å². The number of piperazine rings is 1. The first-order valence-electron chi connectivity index (χ1n) is 10.5. The van der Waals surface area contributed by atoms with Gasteiger partial charge in [-0.1, -0.05) is 29.8 Å². The molecule has 1 heterocycles.